The third kappa shape index (κ3) is 3.29. The molecule has 0 aliphatic rings. The van der Waals surface area contributed by atoms with Gasteiger partial charge in [0.05, 0.1) is 6.04 Å². The van der Waals surface area contributed by atoms with Gasteiger partial charge >= 0.3 is 0 Å². The minimum absolute atomic E-state index is 0.257. The second-order valence-corrected chi connectivity index (χ2v) is 5.67. The van der Waals surface area contributed by atoms with Crippen molar-refractivity contribution in [2.75, 3.05) is 5.32 Å². The summed E-state index contributed by atoms with van der Waals surface area (Å²) in [4.78, 5) is 0. The number of aryl methyl sites for hydroxylation is 2. The highest BCUT2D eigenvalue weighted by molar-refractivity contribution is 7.15. The molecule has 1 aromatic heterocycles. The van der Waals surface area contributed by atoms with Crippen LogP contribution in [-0.2, 0) is 6.42 Å². The first-order chi connectivity index (χ1) is 8.69. The molecule has 1 N–H and O–H groups in total. The van der Waals surface area contributed by atoms with E-state index >= 15 is 0 Å². The van der Waals surface area contributed by atoms with Crippen LogP contribution in [0.2, 0.25) is 0 Å². The molecule has 0 saturated carbocycles. The minimum atomic E-state index is 0.257. The van der Waals surface area contributed by atoms with Gasteiger partial charge in [-0.1, -0.05) is 48.9 Å². The Morgan fingerprint density at radius 2 is 1.94 bits per heavy atom. The van der Waals surface area contributed by atoms with Gasteiger partial charge in [-0.05, 0) is 31.4 Å². The van der Waals surface area contributed by atoms with Crippen LogP contribution in [0.15, 0.2) is 24.3 Å². The van der Waals surface area contributed by atoms with Gasteiger partial charge in [0.25, 0.3) is 0 Å². The Kier molecular flexibility index (Phi) is 4.31. The third-order valence-electron chi connectivity index (χ3n) is 2.88. The molecule has 1 aromatic carbocycles. The lowest BCUT2D eigenvalue weighted by Crippen LogP contribution is -2.06. The predicted molar refractivity (Wildman–Crippen MR) is 77.1 cm³/mol. The quantitative estimate of drug-likeness (QED) is 0.885. The standard InChI is InChI=1S/C14H19N3S/c1-4-5-12-6-8-13(9-7-12)10(2)15-14-17-16-11(3)18-14/h6-10H,4-5H2,1-3H3,(H,15,17). The van der Waals surface area contributed by atoms with Crippen LogP contribution in [-0.4, -0.2) is 10.2 Å². The van der Waals surface area contributed by atoms with Gasteiger partial charge in [-0.25, -0.2) is 0 Å². The molecule has 0 saturated heterocycles. The summed E-state index contributed by atoms with van der Waals surface area (Å²) in [6, 6.07) is 9.06. The fourth-order valence-corrected chi connectivity index (χ4v) is 2.56. The van der Waals surface area contributed by atoms with Crippen LogP contribution in [0.1, 0.15) is 42.4 Å². The lowest BCUT2D eigenvalue weighted by atomic mass is 10.0. The summed E-state index contributed by atoms with van der Waals surface area (Å²) in [7, 11) is 0. The molecule has 0 bridgehead atoms. The molecule has 3 nitrogen and oxygen atoms in total. The van der Waals surface area contributed by atoms with Crippen molar-refractivity contribution in [3.05, 3.63) is 40.4 Å². The zero-order valence-corrected chi connectivity index (χ0v) is 11.9. The van der Waals surface area contributed by atoms with Gasteiger partial charge in [-0.2, -0.15) is 0 Å². The SMILES string of the molecule is CCCc1ccc(C(C)Nc2nnc(C)s2)cc1. The molecule has 0 aliphatic carbocycles. The molecule has 1 heterocycles. The molecule has 1 unspecified atom stereocenters. The number of hydrogen-bond donors (Lipinski definition) is 1. The van der Waals surface area contributed by atoms with Gasteiger partial charge in [0.15, 0.2) is 0 Å². The van der Waals surface area contributed by atoms with E-state index in [-0.39, 0.29) is 6.04 Å². The Hall–Kier alpha value is -1.42. The number of aromatic nitrogens is 2. The summed E-state index contributed by atoms with van der Waals surface area (Å²) in [6.45, 7) is 6.31. The molecule has 4 heteroatoms. The molecular formula is C14H19N3S. The van der Waals surface area contributed by atoms with E-state index in [0.29, 0.717) is 0 Å². The van der Waals surface area contributed by atoms with Gasteiger partial charge in [-0.15, -0.1) is 10.2 Å². The first-order valence-corrected chi connectivity index (χ1v) is 7.16. The topological polar surface area (TPSA) is 37.8 Å². The average Bonchev–Trinajstić information content (AvgIpc) is 2.76. The van der Waals surface area contributed by atoms with Crippen molar-refractivity contribution in [3.8, 4) is 0 Å². The summed E-state index contributed by atoms with van der Waals surface area (Å²) in [5.41, 5.74) is 2.68. The highest BCUT2D eigenvalue weighted by Crippen LogP contribution is 2.22. The van der Waals surface area contributed by atoms with Crippen molar-refractivity contribution in [2.24, 2.45) is 0 Å². The molecule has 0 aliphatic heterocycles. The van der Waals surface area contributed by atoms with E-state index in [4.69, 9.17) is 0 Å². The van der Waals surface area contributed by atoms with E-state index in [1.165, 1.54) is 17.5 Å². The highest BCUT2D eigenvalue weighted by Gasteiger charge is 2.08. The third-order valence-corrected chi connectivity index (χ3v) is 3.65. The highest BCUT2D eigenvalue weighted by atomic mass is 32.1. The van der Waals surface area contributed by atoms with Crippen molar-refractivity contribution >= 4 is 16.5 Å². The molecule has 1 atom stereocenters. The number of rotatable bonds is 5. The molecule has 18 heavy (non-hydrogen) atoms. The van der Waals surface area contributed by atoms with Crippen molar-refractivity contribution in [3.63, 3.8) is 0 Å². The van der Waals surface area contributed by atoms with E-state index < -0.39 is 0 Å². The van der Waals surface area contributed by atoms with E-state index in [2.05, 4.69) is 53.6 Å². The Bertz CT molecular complexity index is 490. The Morgan fingerprint density at radius 1 is 1.22 bits per heavy atom. The Labute approximate surface area is 112 Å². The lowest BCUT2D eigenvalue weighted by molar-refractivity contribution is 0.866. The van der Waals surface area contributed by atoms with Crippen LogP contribution in [0.25, 0.3) is 0 Å². The van der Waals surface area contributed by atoms with E-state index in [1.807, 2.05) is 6.92 Å². The summed E-state index contributed by atoms with van der Waals surface area (Å²) in [5.74, 6) is 0. The van der Waals surface area contributed by atoms with Crippen LogP contribution in [0, 0.1) is 6.92 Å². The summed E-state index contributed by atoms with van der Waals surface area (Å²) >= 11 is 1.59. The summed E-state index contributed by atoms with van der Waals surface area (Å²) < 4.78 is 0. The van der Waals surface area contributed by atoms with Crippen LogP contribution in [0.3, 0.4) is 0 Å². The zero-order valence-electron chi connectivity index (χ0n) is 11.1. The smallest absolute Gasteiger partial charge is 0.206 e. The zero-order chi connectivity index (χ0) is 13.0. The van der Waals surface area contributed by atoms with E-state index in [0.717, 1.165) is 16.6 Å². The van der Waals surface area contributed by atoms with E-state index in [1.54, 1.807) is 11.3 Å². The first-order valence-electron chi connectivity index (χ1n) is 6.34. The van der Waals surface area contributed by atoms with Crippen molar-refractivity contribution in [1.82, 2.24) is 10.2 Å². The maximum absolute atomic E-state index is 4.09. The summed E-state index contributed by atoms with van der Waals surface area (Å²) in [6.07, 6.45) is 2.34. The maximum Gasteiger partial charge on any atom is 0.206 e. The maximum atomic E-state index is 4.09. The van der Waals surface area contributed by atoms with Gasteiger partial charge in [-0.3, -0.25) is 0 Å². The number of benzene rings is 1. The minimum Gasteiger partial charge on any atom is -0.354 e. The van der Waals surface area contributed by atoms with Crippen LogP contribution < -0.4 is 5.32 Å². The second kappa shape index (κ2) is 5.96. The van der Waals surface area contributed by atoms with Crippen molar-refractivity contribution in [1.29, 1.82) is 0 Å². The predicted octanol–water partition coefficient (Wildman–Crippen LogP) is 3.97. The number of nitrogens with zero attached hydrogens (tertiary/aromatic N) is 2. The molecule has 0 fully saturated rings. The number of hydrogen-bond acceptors (Lipinski definition) is 4. The fraction of sp³-hybridized carbons (Fsp3) is 0.429. The van der Waals surface area contributed by atoms with Gasteiger partial charge in [0.2, 0.25) is 5.13 Å². The molecule has 2 aromatic rings. The van der Waals surface area contributed by atoms with Crippen LogP contribution in [0.5, 0.6) is 0 Å². The molecule has 96 valence electrons. The molecule has 0 amide bonds. The average molecular weight is 261 g/mol. The van der Waals surface area contributed by atoms with Gasteiger partial charge in [0, 0.05) is 0 Å². The Morgan fingerprint density at radius 3 is 2.50 bits per heavy atom. The normalized spacial score (nSPS) is 12.4. The van der Waals surface area contributed by atoms with Crippen molar-refractivity contribution in [2.45, 2.75) is 39.7 Å². The largest absolute Gasteiger partial charge is 0.354 e. The number of nitrogens with one attached hydrogen (secondary N) is 1. The second-order valence-electron chi connectivity index (χ2n) is 4.48. The first kappa shape index (κ1) is 13.0. The van der Waals surface area contributed by atoms with Crippen LogP contribution in [0.4, 0.5) is 5.13 Å². The van der Waals surface area contributed by atoms with Gasteiger partial charge < -0.3 is 5.32 Å². The lowest BCUT2D eigenvalue weighted by Gasteiger charge is -2.13. The summed E-state index contributed by atoms with van der Waals surface area (Å²) in [5, 5.41) is 13.3. The monoisotopic (exact) mass is 261 g/mol. The molecule has 0 radical (unpaired) electrons. The molecule has 2 rings (SSSR count). The molecule has 0 spiro atoms. The van der Waals surface area contributed by atoms with Crippen LogP contribution >= 0.6 is 11.3 Å². The van der Waals surface area contributed by atoms with E-state index in [9.17, 15) is 0 Å². The number of anilines is 1. The fourth-order valence-electron chi connectivity index (χ4n) is 1.89. The molecular weight excluding hydrogens is 242 g/mol. The Balaban J connectivity index is 2.02. The van der Waals surface area contributed by atoms with Gasteiger partial charge in [0.1, 0.15) is 5.01 Å². The van der Waals surface area contributed by atoms with Crippen molar-refractivity contribution < 1.29 is 0 Å².